The number of carbonyl (C=O) groups is 1. The summed E-state index contributed by atoms with van der Waals surface area (Å²) in [6, 6.07) is 4.05. The van der Waals surface area contributed by atoms with Crippen molar-refractivity contribution in [2.75, 3.05) is 13.7 Å². The summed E-state index contributed by atoms with van der Waals surface area (Å²) in [6.07, 6.45) is 5.97. The van der Waals surface area contributed by atoms with Crippen molar-refractivity contribution in [2.45, 2.75) is 38.1 Å². The fourth-order valence-corrected chi connectivity index (χ4v) is 3.32. The summed E-state index contributed by atoms with van der Waals surface area (Å²) in [7, 11) is 1.90. The van der Waals surface area contributed by atoms with Crippen molar-refractivity contribution in [2.24, 2.45) is 0 Å². The summed E-state index contributed by atoms with van der Waals surface area (Å²) in [5, 5.41) is 8.66. The van der Waals surface area contributed by atoms with Gasteiger partial charge in [-0.25, -0.2) is 0 Å². The third-order valence-electron chi connectivity index (χ3n) is 3.55. The van der Waals surface area contributed by atoms with E-state index in [2.05, 4.69) is 11.8 Å². The topological polar surface area (TPSA) is 40.5 Å². The lowest BCUT2D eigenvalue weighted by molar-refractivity contribution is 0.0701. The van der Waals surface area contributed by atoms with E-state index in [0.717, 1.165) is 22.6 Å². The molecule has 1 aromatic heterocycles. The van der Waals surface area contributed by atoms with Gasteiger partial charge in [0.05, 0.1) is 9.75 Å². The molecular weight excluding hydrogens is 258 g/mol. The van der Waals surface area contributed by atoms with Gasteiger partial charge in [-0.1, -0.05) is 31.1 Å². The van der Waals surface area contributed by atoms with Crippen LogP contribution in [0.4, 0.5) is 0 Å². The van der Waals surface area contributed by atoms with Gasteiger partial charge in [0.25, 0.3) is 5.91 Å². The van der Waals surface area contributed by atoms with Crippen molar-refractivity contribution in [1.29, 1.82) is 0 Å². The molecule has 0 unspecified atom stereocenters. The molecule has 2 rings (SSSR count). The number of carbonyl (C=O) groups excluding carboxylic acids is 1. The van der Waals surface area contributed by atoms with Crippen LogP contribution in [0.25, 0.3) is 0 Å². The molecule has 19 heavy (non-hydrogen) atoms. The smallest absolute Gasteiger partial charge is 0.263 e. The van der Waals surface area contributed by atoms with Gasteiger partial charge in [0.15, 0.2) is 0 Å². The summed E-state index contributed by atoms with van der Waals surface area (Å²) >= 11 is 1.40. The molecule has 4 heteroatoms. The standard InChI is InChI=1S/C15H19NO2S/c1-16(12-6-3-2-4-7-12)15(18)14-10-9-13(19-14)8-5-11-17/h9-10,12,17H,2-4,6-7,11H2,1H3. The highest BCUT2D eigenvalue weighted by molar-refractivity contribution is 7.14. The van der Waals surface area contributed by atoms with Crippen LogP contribution < -0.4 is 0 Å². The number of rotatable bonds is 2. The minimum atomic E-state index is -0.150. The summed E-state index contributed by atoms with van der Waals surface area (Å²) in [4.78, 5) is 15.8. The first kappa shape index (κ1) is 14.1. The first-order chi connectivity index (χ1) is 9.22. The van der Waals surface area contributed by atoms with Crippen molar-refractivity contribution >= 4 is 17.2 Å². The van der Waals surface area contributed by atoms with Gasteiger partial charge in [-0.05, 0) is 25.0 Å². The Morgan fingerprint density at radius 2 is 2.16 bits per heavy atom. The predicted octanol–water partition coefficient (Wildman–Crippen LogP) is 2.50. The molecule has 1 aliphatic carbocycles. The number of amides is 1. The Morgan fingerprint density at radius 1 is 1.42 bits per heavy atom. The van der Waals surface area contributed by atoms with Crippen molar-refractivity contribution in [3.05, 3.63) is 21.9 Å². The van der Waals surface area contributed by atoms with Crippen molar-refractivity contribution < 1.29 is 9.90 Å². The maximum Gasteiger partial charge on any atom is 0.263 e. The Balaban J connectivity index is 2.03. The summed E-state index contributed by atoms with van der Waals surface area (Å²) in [6.45, 7) is -0.150. The normalized spacial score (nSPS) is 15.7. The summed E-state index contributed by atoms with van der Waals surface area (Å²) in [5.74, 6) is 5.53. The minimum absolute atomic E-state index is 0.0916. The number of thiophene rings is 1. The van der Waals surface area contributed by atoms with Gasteiger partial charge >= 0.3 is 0 Å². The van der Waals surface area contributed by atoms with E-state index in [4.69, 9.17) is 5.11 Å². The number of nitrogens with zero attached hydrogens (tertiary/aromatic N) is 1. The predicted molar refractivity (Wildman–Crippen MR) is 77.2 cm³/mol. The molecule has 0 saturated heterocycles. The van der Waals surface area contributed by atoms with Crippen molar-refractivity contribution in [3.8, 4) is 11.8 Å². The average Bonchev–Trinajstić information content (AvgIpc) is 2.93. The number of aliphatic hydroxyl groups excluding tert-OH is 1. The fourth-order valence-electron chi connectivity index (χ4n) is 2.45. The third kappa shape index (κ3) is 3.59. The van der Waals surface area contributed by atoms with E-state index in [-0.39, 0.29) is 12.5 Å². The second-order valence-electron chi connectivity index (χ2n) is 4.83. The Morgan fingerprint density at radius 3 is 2.84 bits per heavy atom. The van der Waals surface area contributed by atoms with Crippen LogP contribution in [0, 0.1) is 11.8 Å². The van der Waals surface area contributed by atoms with Crippen LogP contribution in [-0.2, 0) is 0 Å². The molecule has 0 radical (unpaired) electrons. The first-order valence-electron chi connectivity index (χ1n) is 6.69. The maximum absolute atomic E-state index is 12.4. The molecule has 0 atom stereocenters. The number of hydrogen-bond donors (Lipinski definition) is 1. The Labute approximate surface area is 118 Å². The van der Waals surface area contributed by atoms with E-state index >= 15 is 0 Å². The van der Waals surface area contributed by atoms with E-state index in [9.17, 15) is 4.79 Å². The Hall–Kier alpha value is -1.31. The molecule has 1 amide bonds. The molecule has 0 bridgehead atoms. The zero-order valence-electron chi connectivity index (χ0n) is 11.2. The van der Waals surface area contributed by atoms with Gasteiger partial charge in [-0.15, -0.1) is 11.3 Å². The van der Waals surface area contributed by atoms with Gasteiger partial charge in [-0.2, -0.15) is 0 Å². The summed E-state index contributed by atoms with van der Waals surface area (Å²) in [5.41, 5.74) is 0. The third-order valence-corrected chi connectivity index (χ3v) is 4.54. The van der Waals surface area contributed by atoms with Crippen LogP contribution >= 0.6 is 11.3 Å². The van der Waals surface area contributed by atoms with E-state index in [1.165, 1.54) is 30.6 Å². The molecule has 1 fully saturated rings. The lowest BCUT2D eigenvalue weighted by atomic mass is 9.94. The van der Waals surface area contributed by atoms with Crippen LogP contribution in [0.15, 0.2) is 12.1 Å². The van der Waals surface area contributed by atoms with Crippen molar-refractivity contribution in [3.63, 3.8) is 0 Å². The Kier molecular flexibility index (Phi) is 5.00. The van der Waals surface area contributed by atoms with Crippen LogP contribution in [0.2, 0.25) is 0 Å². The van der Waals surface area contributed by atoms with Crippen LogP contribution in [0.1, 0.15) is 46.7 Å². The van der Waals surface area contributed by atoms with Gasteiger partial charge in [0, 0.05) is 13.1 Å². The van der Waals surface area contributed by atoms with E-state index in [0.29, 0.717) is 6.04 Å². The molecule has 1 saturated carbocycles. The molecule has 1 aromatic rings. The first-order valence-corrected chi connectivity index (χ1v) is 7.50. The molecule has 1 aliphatic rings. The fraction of sp³-hybridized carbons (Fsp3) is 0.533. The second-order valence-corrected chi connectivity index (χ2v) is 5.92. The highest BCUT2D eigenvalue weighted by atomic mass is 32.1. The van der Waals surface area contributed by atoms with E-state index in [1.807, 2.05) is 24.1 Å². The second kappa shape index (κ2) is 6.74. The largest absolute Gasteiger partial charge is 0.384 e. The van der Waals surface area contributed by atoms with E-state index < -0.39 is 0 Å². The number of hydrogen-bond acceptors (Lipinski definition) is 3. The molecule has 3 nitrogen and oxygen atoms in total. The molecule has 1 heterocycles. The average molecular weight is 277 g/mol. The highest BCUT2D eigenvalue weighted by Gasteiger charge is 2.23. The maximum atomic E-state index is 12.4. The van der Waals surface area contributed by atoms with E-state index in [1.54, 1.807) is 0 Å². The van der Waals surface area contributed by atoms with Gasteiger partial charge in [0.1, 0.15) is 6.61 Å². The lowest BCUT2D eigenvalue weighted by Crippen LogP contribution is -2.37. The van der Waals surface area contributed by atoms with Gasteiger partial charge in [0.2, 0.25) is 0 Å². The quantitative estimate of drug-likeness (QED) is 0.844. The van der Waals surface area contributed by atoms with Crippen LogP contribution in [0.5, 0.6) is 0 Å². The van der Waals surface area contributed by atoms with Crippen LogP contribution in [-0.4, -0.2) is 35.6 Å². The minimum Gasteiger partial charge on any atom is -0.384 e. The highest BCUT2D eigenvalue weighted by Crippen LogP contribution is 2.24. The molecule has 1 N–H and O–H groups in total. The SMILES string of the molecule is CN(C(=O)c1ccc(C#CCO)s1)C1CCCCC1. The number of aliphatic hydroxyl groups is 1. The molecule has 102 valence electrons. The Bertz CT molecular complexity index is 492. The van der Waals surface area contributed by atoms with Crippen molar-refractivity contribution in [1.82, 2.24) is 4.90 Å². The molecule has 0 aromatic carbocycles. The molecular formula is C15H19NO2S. The van der Waals surface area contributed by atoms with Gasteiger partial charge in [-0.3, -0.25) is 4.79 Å². The molecule has 0 spiro atoms. The monoisotopic (exact) mass is 277 g/mol. The zero-order valence-corrected chi connectivity index (χ0v) is 12.0. The lowest BCUT2D eigenvalue weighted by Gasteiger charge is -2.30. The van der Waals surface area contributed by atoms with Crippen LogP contribution in [0.3, 0.4) is 0 Å². The zero-order chi connectivity index (χ0) is 13.7. The van der Waals surface area contributed by atoms with Gasteiger partial charge < -0.3 is 10.0 Å². The molecule has 0 aliphatic heterocycles. The summed E-state index contributed by atoms with van der Waals surface area (Å²) < 4.78 is 0.